The molecule has 10 nitrogen and oxygen atoms in total. The van der Waals surface area contributed by atoms with E-state index in [-0.39, 0.29) is 4.90 Å². The van der Waals surface area contributed by atoms with Crippen LogP contribution in [0, 0.1) is 0 Å². The molecular weight excluding hydrogens is 434 g/mol. The Morgan fingerprint density at radius 1 is 1.12 bits per heavy atom. The van der Waals surface area contributed by atoms with Gasteiger partial charge in [-0.3, -0.25) is 4.79 Å². The predicted octanol–water partition coefficient (Wildman–Crippen LogP) is 1.05. The Morgan fingerprint density at radius 3 is 2.38 bits per heavy atom. The van der Waals surface area contributed by atoms with Crippen molar-refractivity contribution < 1.29 is 22.7 Å². The van der Waals surface area contributed by atoms with Gasteiger partial charge in [0.2, 0.25) is 15.9 Å². The number of hydrogen-bond acceptors (Lipinski definition) is 7. The average molecular weight is 458 g/mol. The summed E-state index contributed by atoms with van der Waals surface area (Å²) >= 11 is 0. The van der Waals surface area contributed by atoms with Gasteiger partial charge in [-0.2, -0.15) is 0 Å². The molecule has 3 aromatic rings. The number of aromatic nitrogens is 3. The van der Waals surface area contributed by atoms with Crippen molar-refractivity contribution >= 4 is 21.9 Å². The van der Waals surface area contributed by atoms with E-state index in [0.717, 1.165) is 5.56 Å². The van der Waals surface area contributed by atoms with Gasteiger partial charge in [0, 0.05) is 12.0 Å². The third kappa shape index (κ3) is 5.56. The van der Waals surface area contributed by atoms with Crippen molar-refractivity contribution in [2.24, 2.45) is 5.14 Å². The largest absolute Gasteiger partial charge is 0.467 e. The Morgan fingerprint density at radius 2 is 1.78 bits per heavy atom. The summed E-state index contributed by atoms with van der Waals surface area (Å²) < 4.78 is 29.0. The minimum Gasteiger partial charge on any atom is -0.467 e. The molecule has 3 rings (SSSR count). The number of nitrogens with two attached hydrogens (primary N) is 1. The SMILES string of the molecule is COC(=O)[C@H](C)NC(=O)[C@H](Cc1ccccc1)n1cc(-c2ccc(S(N)(=O)=O)cc2)nn1. The van der Waals surface area contributed by atoms with Crippen LogP contribution in [0.25, 0.3) is 11.3 Å². The van der Waals surface area contributed by atoms with Crippen LogP contribution in [0.4, 0.5) is 0 Å². The van der Waals surface area contributed by atoms with Gasteiger partial charge in [-0.15, -0.1) is 5.10 Å². The molecule has 0 bridgehead atoms. The van der Waals surface area contributed by atoms with Crippen molar-refractivity contribution in [3.8, 4) is 11.3 Å². The van der Waals surface area contributed by atoms with Crippen LogP contribution in [0.1, 0.15) is 18.5 Å². The maximum atomic E-state index is 13.0. The van der Waals surface area contributed by atoms with Gasteiger partial charge < -0.3 is 10.1 Å². The first kappa shape index (κ1) is 23.1. The number of ether oxygens (including phenoxy) is 1. The number of rotatable bonds is 8. The number of esters is 1. The molecule has 32 heavy (non-hydrogen) atoms. The lowest BCUT2D eigenvalue weighted by atomic mass is 10.0. The van der Waals surface area contributed by atoms with Crippen LogP contribution in [-0.2, 0) is 30.8 Å². The molecule has 0 saturated heterocycles. The molecule has 1 amide bonds. The second-order valence-corrected chi connectivity index (χ2v) is 8.67. The van der Waals surface area contributed by atoms with Crippen LogP contribution >= 0.6 is 0 Å². The monoisotopic (exact) mass is 457 g/mol. The highest BCUT2D eigenvalue weighted by atomic mass is 32.2. The molecule has 2 atom stereocenters. The maximum Gasteiger partial charge on any atom is 0.328 e. The Bertz CT molecular complexity index is 1190. The van der Waals surface area contributed by atoms with Gasteiger partial charge in [-0.25, -0.2) is 23.0 Å². The summed E-state index contributed by atoms with van der Waals surface area (Å²) in [5.41, 5.74) is 1.94. The molecule has 0 aliphatic heterocycles. The van der Waals surface area contributed by atoms with Crippen molar-refractivity contribution in [2.45, 2.75) is 30.3 Å². The van der Waals surface area contributed by atoms with E-state index in [0.29, 0.717) is 17.7 Å². The summed E-state index contributed by atoms with van der Waals surface area (Å²) in [6.45, 7) is 1.53. The summed E-state index contributed by atoms with van der Waals surface area (Å²) in [7, 11) is -2.56. The van der Waals surface area contributed by atoms with Crippen LogP contribution in [0.15, 0.2) is 65.7 Å². The van der Waals surface area contributed by atoms with Crippen molar-refractivity contribution in [2.75, 3.05) is 7.11 Å². The fourth-order valence-corrected chi connectivity index (χ4v) is 3.58. The molecule has 0 aliphatic carbocycles. The molecule has 0 spiro atoms. The highest BCUT2D eigenvalue weighted by molar-refractivity contribution is 7.89. The van der Waals surface area contributed by atoms with Crippen LogP contribution < -0.4 is 10.5 Å². The lowest BCUT2D eigenvalue weighted by Crippen LogP contribution is -2.43. The maximum absolute atomic E-state index is 13.0. The van der Waals surface area contributed by atoms with Crippen LogP contribution in [0.3, 0.4) is 0 Å². The van der Waals surface area contributed by atoms with Gasteiger partial charge in [-0.1, -0.05) is 47.7 Å². The standard InChI is InChI=1S/C21H23N5O5S/c1-14(21(28)31-2)23-20(27)19(12-15-6-4-3-5-7-15)26-13-18(24-25-26)16-8-10-17(11-9-16)32(22,29)30/h3-11,13-14,19H,12H2,1-2H3,(H,23,27)(H2,22,29,30)/t14-,19-/m0/s1. The Hall–Kier alpha value is -3.57. The molecule has 168 valence electrons. The van der Waals surface area contributed by atoms with Gasteiger partial charge in [-0.05, 0) is 24.6 Å². The molecular formula is C21H23N5O5S. The first-order valence-corrected chi connectivity index (χ1v) is 11.2. The molecule has 0 aliphatic rings. The number of amides is 1. The van der Waals surface area contributed by atoms with E-state index < -0.39 is 34.0 Å². The zero-order valence-electron chi connectivity index (χ0n) is 17.5. The topological polar surface area (TPSA) is 146 Å². The first-order chi connectivity index (χ1) is 15.2. The quantitative estimate of drug-likeness (QED) is 0.481. The van der Waals surface area contributed by atoms with Gasteiger partial charge >= 0.3 is 5.97 Å². The Kier molecular flexibility index (Phi) is 7.01. The lowest BCUT2D eigenvalue weighted by molar-refractivity contribution is -0.145. The summed E-state index contributed by atoms with van der Waals surface area (Å²) in [5.74, 6) is -0.987. The van der Waals surface area contributed by atoms with E-state index in [9.17, 15) is 18.0 Å². The highest BCUT2D eigenvalue weighted by Crippen LogP contribution is 2.21. The fourth-order valence-electron chi connectivity index (χ4n) is 3.07. The number of nitrogens with zero attached hydrogens (tertiary/aromatic N) is 3. The third-order valence-electron chi connectivity index (χ3n) is 4.80. The molecule has 0 saturated carbocycles. The van der Waals surface area contributed by atoms with E-state index >= 15 is 0 Å². The van der Waals surface area contributed by atoms with Gasteiger partial charge in [0.1, 0.15) is 17.8 Å². The minimum atomic E-state index is -3.81. The van der Waals surface area contributed by atoms with E-state index in [4.69, 9.17) is 5.14 Å². The number of carbonyl (C=O) groups excluding carboxylic acids is 2. The van der Waals surface area contributed by atoms with Crippen molar-refractivity contribution in [1.82, 2.24) is 20.3 Å². The molecule has 1 aromatic heterocycles. The predicted molar refractivity (Wildman–Crippen MR) is 116 cm³/mol. The van der Waals surface area contributed by atoms with Gasteiger partial charge in [0.25, 0.3) is 0 Å². The van der Waals surface area contributed by atoms with E-state index in [1.54, 1.807) is 18.3 Å². The smallest absolute Gasteiger partial charge is 0.328 e. The van der Waals surface area contributed by atoms with Crippen molar-refractivity contribution in [1.29, 1.82) is 0 Å². The Balaban J connectivity index is 1.89. The highest BCUT2D eigenvalue weighted by Gasteiger charge is 2.26. The zero-order chi connectivity index (χ0) is 23.3. The van der Waals surface area contributed by atoms with Gasteiger partial charge in [0.15, 0.2) is 0 Å². The number of sulfonamides is 1. The summed E-state index contributed by atoms with van der Waals surface area (Å²) in [4.78, 5) is 24.7. The van der Waals surface area contributed by atoms with Crippen LogP contribution in [0.2, 0.25) is 0 Å². The number of carbonyl (C=O) groups is 2. The number of benzene rings is 2. The minimum absolute atomic E-state index is 0.0215. The van der Waals surface area contributed by atoms with E-state index in [1.807, 2.05) is 30.3 Å². The molecule has 0 unspecified atom stereocenters. The lowest BCUT2D eigenvalue weighted by Gasteiger charge is -2.19. The first-order valence-electron chi connectivity index (χ1n) is 9.66. The normalized spacial score (nSPS) is 13.2. The average Bonchev–Trinajstić information content (AvgIpc) is 3.26. The second-order valence-electron chi connectivity index (χ2n) is 7.11. The number of nitrogens with one attached hydrogen (secondary N) is 1. The molecule has 1 heterocycles. The van der Waals surface area contributed by atoms with Gasteiger partial charge in [0.05, 0.1) is 18.2 Å². The molecule has 2 aromatic carbocycles. The third-order valence-corrected chi connectivity index (χ3v) is 5.73. The second kappa shape index (κ2) is 9.71. The number of hydrogen-bond donors (Lipinski definition) is 2. The number of primary sulfonamides is 1. The number of methoxy groups -OCH3 is 1. The van der Waals surface area contributed by atoms with E-state index in [2.05, 4.69) is 20.4 Å². The van der Waals surface area contributed by atoms with Crippen molar-refractivity contribution in [3.63, 3.8) is 0 Å². The van der Waals surface area contributed by atoms with Crippen molar-refractivity contribution in [3.05, 3.63) is 66.4 Å². The molecule has 11 heteroatoms. The van der Waals surface area contributed by atoms with Crippen LogP contribution in [-0.4, -0.2) is 48.4 Å². The molecule has 0 fully saturated rings. The van der Waals surface area contributed by atoms with Crippen LogP contribution in [0.5, 0.6) is 0 Å². The molecule has 0 radical (unpaired) electrons. The summed E-state index contributed by atoms with van der Waals surface area (Å²) in [5, 5.41) is 16.0. The summed E-state index contributed by atoms with van der Waals surface area (Å²) in [6, 6.07) is 13.6. The molecule has 3 N–H and O–H groups in total. The van der Waals surface area contributed by atoms with E-state index in [1.165, 1.54) is 30.8 Å². The fraction of sp³-hybridized carbons (Fsp3) is 0.238. The zero-order valence-corrected chi connectivity index (χ0v) is 18.3. The Labute approximate surface area is 185 Å². The summed E-state index contributed by atoms with van der Waals surface area (Å²) in [6.07, 6.45) is 1.90.